The van der Waals surface area contributed by atoms with E-state index in [9.17, 15) is 9.90 Å². The number of aliphatic hydroxyl groups is 1. The minimum absolute atomic E-state index is 0.0122. The number of carbonyl (C=O) groups is 1. The van der Waals surface area contributed by atoms with E-state index in [1.54, 1.807) is 24.3 Å². The molecule has 102 valence electrons. The number of carbonyl (C=O) groups excluding carboxylic acids is 1. The Balaban J connectivity index is 2.12. The van der Waals surface area contributed by atoms with Crippen LogP contribution in [0.1, 0.15) is 17.3 Å². The van der Waals surface area contributed by atoms with Gasteiger partial charge in [0.2, 0.25) is 0 Å². The number of hydrogen-bond acceptors (Lipinski definition) is 3. The number of nitrogens with one attached hydrogen (secondary N) is 2. The number of benzene rings is 2. The van der Waals surface area contributed by atoms with Gasteiger partial charge in [0.15, 0.2) is 0 Å². The van der Waals surface area contributed by atoms with Crippen LogP contribution in [0.15, 0.2) is 72.2 Å². The van der Waals surface area contributed by atoms with E-state index < -0.39 is 0 Å². The van der Waals surface area contributed by atoms with E-state index >= 15 is 0 Å². The molecule has 0 fully saturated rings. The smallest absolute Gasteiger partial charge is 0.256 e. The van der Waals surface area contributed by atoms with Gasteiger partial charge in [0.05, 0.1) is 0 Å². The Morgan fingerprint density at radius 1 is 0.950 bits per heavy atom. The molecule has 1 amide bonds. The third kappa shape index (κ3) is 3.62. The van der Waals surface area contributed by atoms with E-state index in [4.69, 9.17) is 0 Å². The molecule has 4 nitrogen and oxygen atoms in total. The zero-order valence-corrected chi connectivity index (χ0v) is 11.1. The van der Waals surface area contributed by atoms with Crippen LogP contribution in [-0.4, -0.2) is 11.0 Å². The summed E-state index contributed by atoms with van der Waals surface area (Å²) < 4.78 is 0. The van der Waals surface area contributed by atoms with Crippen molar-refractivity contribution >= 4 is 11.6 Å². The first-order chi connectivity index (χ1) is 9.66. The fraction of sp³-hybridized carbons (Fsp3) is 0.0625. The van der Waals surface area contributed by atoms with E-state index in [2.05, 4.69) is 10.6 Å². The first-order valence-corrected chi connectivity index (χ1v) is 6.25. The van der Waals surface area contributed by atoms with Crippen LogP contribution in [0, 0.1) is 0 Å². The molecular formula is C16H16N2O2. The Bertz CT molecular complexity index is 603. The lowest BCUT2D eigenvalue weighted by Crippen LogP contribution is -2.28. The summed E-state index contributed by atoms with van der Waals surface area (Å²) in [6, 6.07) is 18.1. The van der Waals surface area contributed by atoms with Crippen LogP contribution in [0.5, 0.6) is 0 Å². The van der Waals surface area contributed by atoms with Gasteiger partial charge in [-0.25, -0.2) is 0 Å². The van der Waals surface area contributed by atoms with Gasteiger partial charge in [-0.3, -0.25) is 4.79 Å². The minimum Gasteiger partial charge on any atom is -0.509 e. The number of allylic oxidation sites excluding steroid dienone is 1. The molecule has 0 unspecified atom stereocenters. The lowest BCUT2D eigenvalue weighted by molar-refractivity contribution is 0.0964. The van der Waals surface area contributed by atoms with Crippen LogP contribution in [0.25, 0.3) is 0 Å². The van der Waals surface area contributed by atoms with Gasteiger partial charge < -0.3 is 15.7 Å². The number of hydrogen-bond donors (Lipinski definition) is 3. The van der Waals surface area contributed by atoms with Gasteiger partial charge in [0, 0.05) is 11.3 Å². The van der Waals surface area contributed by atoms with Crippen LogP contribution >= 0.6 is 0 Å². The minimum atomic E-state index is -0.280. The van der Waals surface area contributed by atoms with Gasteiger partial charge in [-0.05, 0) is 31.2 Å². The van der Waals surface area contributed by atoms with Gasteiger partial charge in [-0.2, -0.15) is 0 Å². The first-order valence-electron chi connectivity index (χ1n) is 6.25. The van der Waals surface area contributed by atoms with E-state index in [1.165, 1.54) is 6.92 Å². The first kappa shape index (κ1) is 13.7. The third-order valence-electron chi connectivity index (χ3n) is 2.68. The summed E-state index contributed by atoms with van der Waals surface area (Å²) in [7, 11) is 0. The Morgan fingerprint density at radius 2 is 1.50 bits per heavy atom. The Morgan fingerprint density at radius 3 is 2.05 bits per heavy atom. The Labute approximate surface area is 117 Å². The van der Waals surface area contributed by atoms with Crippen molar-refractivity contribution in [2.45, 2.75) is 6.92 Å². The standard InChI is InChI=1S/C16H16N2O2/c1-12(19)15(17-14-10-6-3-7-11-14)18-16(20)13-8-4-2-5-9-13/h2-11,17,19H,1H3,(H,18,20). The molecule has 0 heterocycles. The topological polar surface area (TPSA) is 61.4 Å². The number of aliphatic hydroxyl groups excluding tert-OH is 1. The molecule has 0 atom stereocenters. The predicted octanol–water partition coefficient (Wildman–Crippen LogP) is 3.28. The van der Waals surface area contributed by atoms with E-state index in [1.807, 2.05) is 36.4 Å². The van der Waals surface area contributed by atoms with Crippen molar-refractivity contribution in [3.8, 4) is 0 Å². The van der Waals surface area contributed by atoms with Crippen molar-refractivity contribution in [2.24, 2.45) is 0 Å². The van der Waals surface area contributed by atoms with Crippen molar-refractivity contribution in [3.05, 3.63) is 77.8 Å². The summed E-state index contributed by atoms with van der Waals surface area (Å²) in [5.41, 5.74) is 1.31. The fourth-order valence-corrected chi connectivity index (χ4v) is 1.65. The second-order valence-corrected chi connectivity index (χ2v) is 4.27. The number of rotatable bonds is 4. The van der Waals surface area contributed by atoms with Crippen LogP contribution < -0.4 is 10.6 Å². The highest BCUT2D eigenvalue weighted by Crippen LogP contribution is 2.10. The molecule has 20 heavy (non-hydrogen) atoms. The predicted molar refractivity (Wildman–Crippen MR) is 79.3 cm³/mol. The highest BCUT2D eigenvalue weighted by Gasteiger charge is 2.09. The molecule has 0 saturated heterocycles. The lowest BCUT2D eigenvalue weighted by atomic mass is 10.2. The summed E-state index contributed by atoms with van der Waals surface area (Å²) in [5, 5.41) is 15.3. The maximum Gasteiger partial charge on any atom is 0.256 e. The number of para-hydroxylation sites is 1. The van der Waals surface area contributed by atoms with Crippen LogP contribution in [0.2, 0.25) is 0 Å². The van der Waals surface area contributed by atoms with Crippen molar-refractivity contribution < 1.29 is 9.90 Å². The highest BCUT2D eigenvalue weighted by molar-refractivity contribution is 5.95. The lowest BCUT2D eigenvalue weighted by Gasteiger charge is -2.13. The second-order valence-electron chi connectivity index (χ2n) is 4.27. The summed E-state index contributed by atoms with van der Waals surface area (Å²) in [5.74, 6) is 0.000573. The van der Waals surface area contributed by atoms with Crippen molar-refractivity contribution in [1.29, 1.82) is 0 Å². The Hall–Kier alpha value is -2.75. The van der Waals surface area contributed by atoms with Gasteiger partial charge in [-0.15, -0.1) is 0 Å². The van der Waals surface area contributed by atoms with Gasteiger partial charge >= 0.3 is 0 Å². The van der Waals surface area contributed by atoms with Crippen LogP contribution in [-0.2, 0) is 0 Å². The van der Waals surface area contributed by atoms with Gasteiger partial charge in [-0.1, -0.05) is 36.4 Å². The largest absolute Gasteiger partial charge is 0.509 e. The molecule has 0 aromatic heterocycles. The second kappa shape index (κ2) is 6.43. The van der Waals surface area contributed by atoms with E-state index in [0.29, 0.717) is 5.56 Å². The summed E-state index contributed by atoms with van der Waals surface area (Å²) in [4.78, 5) is 12.1. The third-order valence-corrected chi connectivity index (χ3v) is 2.68. The molecule has 0 radical (unpaired) electrons. The number of anilines is 1. The van der Waals surface area contributed by atoms with Gasteiger partial charge in [0.25, 0.3) is 5.91 Å². The van der Waals surface area contributed by atoms with Gasteiger partial charge in [0.1, 0.15) is 11.6 Å². The molecule has 2 aromatic carbocycles. The quantitative estimate of drug-likeness (QED) is 0.746. The highest BCUT2D eigenvalue weighted by atomic mass is 16.3. The molecule has 0 aliphatic carbocycles. The molecule has 2 rings (SSSR count). The molecule has 0 bridgehead atoms. The fourth-order valence-electron chi connectivity index (χ4n) is 1.65. The summed E-state index contributed by atoms with van der Waals surface area (Å²) in [6.07, 6.45) is 0. The average Bonchev–Trinajstić information content (AvgIpc) is 2.48. The Kier molecular flexibility index (Phi) is 4.39. The van der Waals surface area contributed by atoms with E-state index in [-0.39, 0.29) is 17.5 Å². The molecule has 0 aliphatic heterocycles. The zero-order chi connectivity index (χ0) is 14.4. The average molecular weight is 268 g/mol. The monoisotopic (exact) mass is 268 g/mol. The number of amides is 1. The molecular weight excluding hydrogens is 252 g/mol. The molecule has 2 aromatic rings. The molecule has 4 heteroatoms. The summed E-state index contributed by atoms with van der Waals surface area (Å²) in [6.45, 7) is 1.51. The van der Waals surface area contributed by atoms with Crippen LogP contribution in [0.3, 0.4) is 0 Å². The normalized spacial score (nSPS) is 11.4. The molecule has 0 aliphatic rings. The molecule has 0 spiro atoms. The molecule has 3 N–H and O–H groups in total. The SMILES string of the molecule is CC(O)=C(NC(=O)c1ccccc1)Nc1ccccc1. The molecule has 0 saturated carbocycles. The van der Waals surface area contributed by atoms with Crippen molar-refractivity contribution in [3.63, 3.8) is 0 Å². The maximum absolute atomic E-state index is 12.1. The zero-order valence-electron chi connectivity index (χ0n) is 11.1. The van der Waals surface area contributed by atoms with E-state index in [0.717, 1.165) is 5.69 Å². The summed E-state index contributed by atoms with van der Waals surface area (Å²) >= 11 is 0. The van der Waals surface area contributed by atoms with Crippen molar-refractivity contribution in [2.75, 3.05) is 5.32 Å². The van der Waals surface area contributed by atoms with Crippen molar-refractivity contribution in [1.82, 2.24) is 5.32 Å². The van der Waals surface area contributed by atoms with Crippen LogP contribution in [0.4, 0.5) is 5.69 Å². The maximum atomic E-state index is 12.1.